The van der Waals surface area contributed by atoms with Crippen molar-refractivity contribution >= 4 is 11.6 Å². The van der Waals surface area contributed by atoms with Crippen molar-refractivity contribution in [3.05, 3.63) is 28.8 Å². The quantitative estimate of drug-likeness (QED) is 0.819. The van der Waals surface area contributed by atoms with Crippen LogP contribution in [0.15, 0.2) is 18.2 Å². The van der Waals surface area contributed by atoms with Crippen LogP contribution < -0.4 is 16.2 Å². The van der Waals surface area contributed by atoms with E-state index in [1.54, 1.807) is 7.11 Å². The summed E-state index contributed by atoms with van der Waals surface area (Å²) in [4.78, 5) is 0. The number of nitrogens with two attached hydrogens (primary N) is 2. The first-order valence-electron chi connectivity index (χ1n) is 5.84. The third-order valence-corrected chi connectivity index (χ3v) is 3.48. The van der Waals surface area contributed by atoms with Crippen LogP contribution in [0.1, 0.15) is 12.5 Å². The zero-order chi connectivity index (χ0) is 12.8. The Balaban J connectivity index is 2.71. The second kappa shape index (κ2) is 6.84. The van der Waals surface area contributed by atoms with Gasteiger partial charge in [0.1, 0.15) is 5.75 Å². The van der Waals surface area contributed by atoms with E-state index in [0.29, 0.717) is 35.7 Å². The number of benzene rings is 1. The third-order valence-electron chi connectivity index (χ3n) is 3.18. The molecule has 0 bridgehead atoms. The highest BCUT2D eigenvalue weighted by atomic mass is 35.5. The van der Waals surface area contributed by atoms with Gasteiger partial charge in [0.2, 0.25) is 0 Å². The second-order valence-corrected chi connectivity index (χ2v) is 4.79. The molecule has 4 N–H and O–H groups in total. The van der Waals surface area contributed by atoms with Gasteiger partial charge < -0.3 is 16.2 Å². The van der Waals surface area contributed by atoms with Crippen LogP contribution in [0.2, 0.25) is 5.02 Å². The predicted octanol–water partition coefficient (Wildman–Crippen LogP) is 2.06. The summed E-state index contributed by atoms with van der Waals surface area (Å²) in [5, 5.41) is 0.647. The second-order valence-electron chi connectivity index (χ2n) is 4.38. The van der Waals surface area contributed by atoms with E-state index < -0.39 is 0 Å². The van der Waals surface area contributed by atoms with Gasteiger partial charge in [0.05, 0.1) is 12.1 Å². The molecule has 1 rings (SSSR count). The Morgan fingerprint density at radius 1 is 1.29 bits per heavy atom. The number of halogens is 1. The van der Waals surface area contributed by atoms with E-state index in [2.05, 4.69) is 6.92 Å². The lowest BCUT2D eigenvalue weighted by Crippen LogP contribution is -2.30. The van der Waals surface area contributed by atoms with Gasteiger partial charge in [0.15, 0.2) is 0 Å². The lowest BCUT2D eigenvalue weighted by atomic mass is 9.88. The van der Waals surface area contributed by atoms with Crippen LogP contribution >= 0.6 is 11.6 Å². The maximum absolute atomic E-state index is 6.09. The van der Waals surface area contributed by atoms with E-state index in [4.69, 9.17) is 27.8 Å². The summed E-state index contributed by atoms with van der Waals surface area (Å²) < 4.78 is 5.12. The minimum atomic E-state index is 0.357. The molecule has 0 saturated heterocycles. The van der Waals surface area contributed by atoms with Crippen molar-refractivity contribution in [2.24, 2.45) is 23.3 Å². The highest BCUT2D eigenvalue weighted by Gasteiger charge is 2.15. The average molecular weight is 257 g/mol. The van der Waals surface area contributed by atoms with E-state index >= 15 is 0 Å². The molecule has 1 atom stereocenters. The Bertz CT molecular complexity index is 353. The Labute approximate surface area is 108 Å². The summed E-state index contributed by atoms with van der Waals surface area (Å²) in [6, 6.07) is 5.87. The fourth-order valence-corrected chi connectivity index (χ4v) is 2.22. The fraction of sp³-hybridized carbons (Fsp3) is 0.538. The largest absolute Gasteiger partial charge is 0.495 e. The molecule has 1 aromatic carbocycles. The topological polar surface area (TPSA) is 61.3 Å². The maximum Gasteiger partial charge on any atom is 0.137 e. The first-order chi connectivity index (χ1) is 8.12. The molecule has 0 saturated carbocycles. The van der Waals surface area contributed by atoms with Crippen molar-refractivity contribution in [3.8, 4) is 5.75 Å². The molecule has 0 aromatic heterocycles. The van der Waals surface area contributed by atoms with Gasteiger partial charge in [-0.15, -0.1) is 0 Å². The molecule has 1 aromatic rings. The van der Waals surface area contributed by atoms with Crippen molar-refractivity contribution in [3.63, 3.8) is 0 Å². The number of ether oxygens (including phenoxy) is 1. The highest BCUT2D eigenvalue weighted by Crippen LogP contribution is 2.26. The molecule has 0 aliphatic rings. The molecular weight excluding hydrogens is 236 g/mol. The first-order valence-corrected chi connectivity index (χ1v) is 6.22. The van der Waals surface area contributed by atoms with Gasteiger partial charge in [-0.3, -0.25) is 0 Å². The smallest absolute Gasteiger partial charge is 0.137 e. The number of methoxy groups -OCH3 is 1. The van der Waals surface area contributed by atoms with Gasteiger partial charge in [-0.1, -0.05) is 24.6 Å². The molecule has 3 nitrogen and oxygen atoms in total. The van der Waals surface area contributed by atoms with Gasteiger partial charge in [0.25, 0.3) is 0 Å². The zero-order valence-electron chi connectivity index (χ0n) is 10.4. The summed E-state index contributed by atoms with van der Waals surface area (Å²) in [5.41, 5.74) is 12.6. The molecule has 4 heteroatoms. The summed E-state index contributed by atoms with van der Waals surface area (Å²) in [7, 11) is 1.61. The summed E-state index contributed by atoms with van der Waals surface area (Å²) >= 11 is 6.09. The molecule has 17 heavy (non-hydrogen) atoms. The van der Waals surface area contributed by atoms with Gasteiger partial charge in [0, 0.05) is 0 Å². The lowest BCUT2D eigenvalue weighted by Gasteiger charge is -2.21. The molecule has 0 amide bonds. The normalized spacial score (nSPS) is 12.8. The van der Waals surface area contributed by atoms with Crippen LogP contribution in [0.3, 0.4) is 0 Å². The predicted molar refractivity (Wildman–Crippen MR) is 72.5 cm³/mol. The number of hydrogen-bond acceptors (Lipinski definition) is 3. The molecule has 0 radical (unpaired) electrons. The van der Waals surface area contributed by atoms with Crippen LogP contribution in [0.4, 0.5) is 0 Å². The maximum atomic E-state index is 6.09. The number of hydrogen-bond donors (Lipinski definition) is 2. The Kier molecular flexibility index (Phi) is 5.75. The molecule has 96 valence electrons. The molecule has 0 aliphatic carbocycles. The van der Waals surface area contributed by atoms with E-state index in [1.807, 2.05) is 18.2 Å². The van der Waals surface area contributed by atoms with Crippen LogP contribution in [-0.2, 0) is 6.42 Å². The van der Waals surface area contributed by atoms with E-state index in [9.17, 15) is 0 Å². The fourth-order valence-electron chi connectivity index (χ4n) is 1.94. The summed E-state index contributed by atoms with van der Waals surface area (Å²) in [6.07, 6.45) is 0.933. The van der Waals surface area contributed by atoms with Crippen LogP contribution in [0.25, 0.3) is 0 Å². The monoisotopic (exact) mass is 256 g/mol. The van der Waals surface area contributed by atoms with Gasteiger partial charge in [-0.05, 0) is 49.0 Å². The van der Waals surface area contributed by atoms with Crippen molar-refractivity contribution in [2.75, 3.05) is 20.2 Å². The Morgan fingerprint density at radius 2 is 1.94 bits per heavy atom. The van der Waals surface area contributed by atoms with E-state index in [1.165, 1.54) is 5.56 Å². The minimum Gasteiger partial charge on any atom is -0.495 e. The van der Waals surface area contributed by atoms with E-state index in [0.717, 1.165) is 6.42 Å². The molecule has 0 spiro atoms. The molecule has 0 aliphatic heterocycles. The number of rotatable bonds is 6. The van der Waals surface area contributed by atoms with Crippen LogP contribution in [0, 0.1) is 11.8 Å². The molecular formula is C13H21ClN2O. The Hall–Kier alpha value is -0.770. The molecule has 0 heterocycles. The summed E-state index contributed by atoms with van der Waals surface area (Å²) in [5.74, 6) is 1.52. The third kappa shape index (κ3) is 3.87. The SMILES string of the molecule is COc1ccc(CC(C)C(CN)CN)cc1Cl. The van der Waals surface area contributed by atoms with Gasteiger partial charge >= 0.3 is 0 Å². The van der Waals surface area contributed by atoms with Crippen molar-refractivity contribution in [1.82, 2.24) is 0 Å². The molecule has 1 unspecified atom stereocenters. The van der Waals surface area contributed by atoms with Crippen molar-refractivity contribution in [2.45, 2.75) is 13.3 Å². The lowest BCUT2D eigenvalue weighted by molar-refractivity contribution is 0.372. The van der Waals surface area contributed by atoms with Crippen molar-refractivity contribution in [1.29, 1.82) is 0 Å². The summed E-state index contributed by atoms with van der Waals surface area (Å²) in [6.45, 7) is 3.42. The minimum absolute atomic E-state index is 0.357. The van der Waals surface area contributed by atoms with Crippen molar-refractivity contribution < 1.29 is 4.74 Å². The first kappa shape index (κ1) is 14.3. The van der Waals surface area contributed by atoms with Crippen LogP contribution in [0.5, 0.6) is 5.75 Å². The zero-order valence-corrected chi connectivity index (χ0v) is 11.2. The molecule has 0 fully saturated rings. The van der Waals surface area contributed by atoms with Gasteiger partial charge in [-0.2, -0.15) is 0 Å². The average Bonchev–Trinajstić information content (AvgIpc) is 2.31. The standard InChI is InChI=1S/C13H21ClN2O/c1-9(11(7-15)8-16)5-10-3-4-13(17-2)12(14)6-10/h3-4,6,9,11H,5,7-8,15-16H2,1-2H3. The van der Waals surface area contributed by atoms with Crippen LogP contribution in [-0.4, -0.2) is 20.2 Å². The van der Waals surface area contributed by atoms with E-state index in [-0.39, 0.29) is 0 Å². The Morgan fingerprint density at radius 3 is 2.41 bits per heavy atom. The highest BCUT2D eigenvalue weighted by molar-refractivity contribution is 6.32. The van der Waals surface area contributed by atoms with Gasteiger partial charge in [-0.25, -0.2) is 0 Å².